The van der Waals surface area contributed by atoms with Crippen molar-refractivity contribution in [1.82, 2.24) is 4.98 Å². The fourth-order valence-corrected chi connectivity index (χ4v) is 0.584. The summed E-state index contributed by atoms with van der Waals surface area (Å²) < 4.78 is 0. The Balaban J connectivity index is -0.000000144. The Morgan fingerprint density at radius 2 is 1.69 bits per heavy atom. The van der Waals surface area contributed by atoms with E-state index < -0.39 is 0 Å². The molecule has 0 aliphatic rings. The van der Waals surface area contributed by atoms with E-state index in [1.165, 1.54) is 5.69 Å². The number of nitrogens with one attached hydrogen (secondary N) is 1. The maximum atomic E-state index is 8.00. The minimum atomic E-state index is 1.11. The van der Waals surface area contributed by atoms with Crippen molar-refractivity contribution in [3.8, 4) is 0 Å². The van der Waals surface area contributed by atoms with Crippen LogP contribution in [0.2, 0.25) is 0 Å². The van der Waals surface area contributed by atoms with Gasteiger partial charge in [-0.25, -0.2) is 12.1 Å². The zero-order valence-corrected chi connectivity index (χ0v) is 10.0. The molecule has 0 aliphatic heterocycles. The second-order valence-corrected chi connectivity index (χ2v) is 1.72. The second kappa shape index (κ2) is 17.6. The van der Waals surface area contributed by atoms with Gasteiger partial charge in [-0.3, -0.25) is 0 Å². The molecular weight excluding hydrogens is 279 g/mol. The number of rotatable bonds is 0. The summed E-state index contributed by atoms with van der Waals surface area (Å²) in [5.74, 6) is 0. The molecule has 0 saturated carbocycles. The number of hydrogen-bond acceptors (Lipinski definition) is 2. The van der Waals surface area contributed by atoms with E-state index in [9.17, 15) is 0 Å². The Morgan fingerprint density at radius 3 is 1.77 bits per heavy atom. The molecule has 0 atom stereocenters. The standard InChI is InChI=1S/C6H8N.2CH2O.ClH.Ru/c1-5-3-4-6(2)7-5;2*1-2;;/h3,7H,1-2H3;2*1H2;1H;/q-1;;;;+2/p-1. The topological polar surface area (TPSA) is 49.9 Å². The molecule has 0 fully saturated rings. The molecule has 13 heavy (non-hydrogen) atoms. The van der Waals surface area contributed by atoms with Gasteiger partial charge in [0, 0.05) is 0 Å². The van der Waals surface area contributed by atoms with Crippen molar-refractivity contribution < 1.29 is 26.9 Å². The van der Waals surface area contributed by atoms with Gasteiger partial charge in [-0.15, -0.1) is 5.69 Å². The van der Waals surface area contributed by atoms with Crippen molar-refractivity contribution in [2.75, 3.05) is 0 Å². The molecular formula is C8H12ClNO2Ru. The maximum absolute atomic E-state index is 8.00. The predicted octanol–water partition coefficient (Wildman–Crippen LogP) is 1.75. The zero-order chi connectivity index (χ0) is 11.3. The van der Waals surface area contributed by atoms with Gasteiger partial charge in [0.15, 0.2) is 0 Å². The molecule has 0 aromatic carbocycles. The van der Waals surface area contributed by atoms with E-state index in [4.69, 9.17) is 9.59 Å². The average Bonchev–Trinajstić information content (AvgIpc) is 2.60. The van der Waals surface area contributed by atoms with Gasteiger partial charge >= 0.3 is 27.0 Å². The minimum absolute atomic E-state index is 1.11. The summed E-state index contributed by atoms with van der Waals surface area (Å²) in [6, 6.07) is 4.95. The molecule has 1 rings (SSSR count). The number of H-pyrrole nitrogens is 1. The van der Waals surface area contributed by atoms with Crippen molar-refractivity contribution >= 4 is 23.3 Å². The fourth-order valence-electron chi connectivity index (χ4n) is 0.584. The fraction of sp³-hybridized carbons (Fsp3) is 0.250. The van der Waals surface area contributed by atoms with Crippen LogP contribution in [0.5, 0.6) is 0 Å². The van der Waals surface area contributed by atoms with Crippen molar-refractivity contribution in [1.29, 1.82) is 0 Å². The summed E-state index contributed by atoms with van der Waals surface area (Å²) in [5, 5.41) is 0. The molecule has 1 heterocycles. The Morgan fingerprint density at radius 1 is 1.31 bits per heavy atom. The van der Waals surface area contributed by atoms with Crippen LogP contribution in [-0.4, -0.2) is 18.6 Å². The average molecular weight is 291 g/mol. The summed E-state index contributed by atoms with van der Waals surface area (Å²) in [6.45, 7) is 8.01. The van der Waals surface area contributed by atoms with Crippen LogP contribution < -0.4 is 0 Å². The number of aryl methyl sites for hydroxylation is 2. The monoisotopic (exact) mass is 291 g/mol. The first-order chi connectivity index (χ1) is 6.29. The van der Waals surface area contributed by atoms with Crippen molar-refractivity contribution in [3.63, 3.8) is 0 Å². The first-order valence-electron chi connectivity index (χ1n) is 3.04. The molecule has 0 radical (unpaired) electrons. The predicted molar refractivity (Wildman–Crippen MR) is 49.2 cm³/mol. The quantitative estimate of drug-likeness (QED) is 0.584. The van der Waals surface area contributed by atoms with Gasteiger partial charge < -0.3 is 14.6 Å². The normalized spacial score (nSPS) is 6.15. The zero-order valence-electron chi connectivity index (χ0n) is 7.54. The number of carbonyl (C=O) groups excluding carboxylic acids is 2. The summed E-state index contributed by atoms with van der Waals surface area (Å²) >= 11 is 1.82. The molecule has 76 valence electrons. The van der Waals surface area contributed by atoms with Crippen LogP contribution in [-0.2, 0) is 26.9 Å². The molecule has 1 aromatic heterocycles. The number of hydrogen-bond donors (Lipinski definition) is 1. The van der Waals surface area contributed by atoms with Crippen LogP contribution >= 0.6 is 9.69 Å². The molecule has 0 saturated heterocycles. The molecule has 0 bridgehead atoms. The van der Waals surface area contributed by atoms with Crippen molar-refractivity contribution in [3.05, 3.63) is 23.5 Å². The molecule has 5 heteroatoms. The Labute approximate surface area is 92.6 Å². The summed E-state index contributed by atoms with van der Waals surface area (Å²) in [6.07, 6.45) is 0. The van der Waals surface area contributed by atoms with E-state index >= 15 is 0 Å². The van der Waals surface area contributed by atoms with Crippen molar-refractivity contribution in [2.24, 2.45) is 0 Å². The second-order valence-electron chi connectivity index (χ2n) is 1.72. The number of aromatic amines is 1. The van der Waals surface area contributed by atoms with Gasteiger partial charge in [-0.05, 0) is 6.92 Å². The van der Waals surface area contributed by atoms with Gasteiger partial charge in [-0.1, -0.05) is 12.6 Å². The van der Waals surface area contributed by atoms with Gasteiger partial charge in [0.2, 0.25) is 0 Å². The van der Waals surface area contributed by atoms with E-state index in [-0.39, 0.29) is 0 Å². The SMILES string of the molecule is C=O.C=O.Cc1[c-]cc(C)[nH]1.[Cl][Ru+]. The van der Waals surface area contributed by atoms with Crippen LogP contribution in [0.1, 0.15) is 11.4 Å². The third kappa shape index (κ3) is 14.4. The molecule has 1 aromatic rings. The molecule has 3 nitrogen and oxygen atoms in total. The van der Waals surface area contributed by atoms with E-state index in [0.717, 1.165) is 5.69 Å². The van der Waals surface area contributed by atoms with Gasteiger partial charge in [-0.2, -0.15) is 0 Å². The van der Waals surface area contributed by atoms with E-state index in [1.54, 1.807) is 0 Å². The number of halogens is 1. The van der Waals surface area contributed by atoms with Gasteiger partial charge in [0.05, 0.1) is 0 Å². The van der Waals surface area contributed by atoms with Crippen molar-refractivity contribution in [2.45, 2.75) is 13.8 Å². The summed E-state index contributed by atoms with van der Waals surface area (Å²) in [7, 11) is 4.57. The third-order valence-corrected chi connectivity index (χ3v) is 0.890. The van der Waals surface area contributed by atoms with Crippen LogP contribution in [0.15, 0.2) is 6.07 Å². The van der Waals surface area contributed by atoms with E-state index in [1.807, 2.05) is 50.8 Å². The molecule has 0 amide bonds. The van der Waals surface area contributed by atoms with Gasteiger partial charge in [0.25, 0.3) is 0 Å². The third-order valence-electron chi connectivity index (χ3n) is 0.890. The Bertz CT molecular complexity index is 176. The summed E-state index contributed by atoms with van der Waals surface area (Å²) in [5.41, 5.74) is 2.29. The summed E-state index contributed by atoms with van der Waals surface area (Å²) in [4.78, 5) is 19.1. The Hall–Kier alpha value is -0.467. The van der Waals surface area contributed by atoms with E-state index in [2.05, 4.69) is 20.7 Å². The first kappa shape index (κ1) is 18.3. The molecule has 0 spiro atoms. The van der Waals surface area contributed by atoms with Crippen LogP contribution in [0.25, 0.3) is 0 Å². The van der Waals surface area contributed by atoms with E-state index in [0.29, 0.717) is 0 Å². The van der Waals surface area contributed by atoms with Crippen LogP contribution in [0.3, 0.4) is 0 Å². The van der Waals surface area contributed by atoms with Gasteiger partial charge in [0.1, 0.15) is 13.6 Å². The Kier molecular flexibility index (Phi) is 24.8. The number of aromatic nitrogens is 1. The molecule has 0 unspecified atom stereocenters. The van der Waals surface area contributed by atoms with Crippen LogP contribution in [0.4, 0.5) is 0 Å². The molecule has 1 N–H and O–H groups in total. The van der Waals surface area contributed by atoms with Crippen LogP contribution in [0, 0.1) is 19.9 Å². The first-order valence-corrected chi connectivity index (χ1v) is 5.28. The molecule has 0 aliphatic carbocycles. The number of carbonyl (C=O) groups is 2.